The van der Waals surface area contributed by atoms with E-state index in [-0.39, 0.29) is 0 Å². The summed E-state index contributed by atoms with van der Waals surface area (Å²) in [6, 6.07) is 0. The van der Waals surface area contributed by atoms with Crippen LogP contribution in [0.3, 0.4) is 0 Å². The van der Waals surface area contributed by atoms with Crippen LogP contribution in [0.2, 0.25) is 0 Å². The molecule has 0 aliphatic carbocycles. The first-order valence-electron chi connectivity index (χ1n) is 3.48. The highest BCUT2D eigenvalue weighted by Gasteiger charge is 1.97. The standard InChI is InChI=1S/C7H15IO/c1-7(6-8)4-2-3-5-9/h7,9H,2-6H2,1H3. The summed E-state index contributed by atoms with van der Waals surface area (Å²) in [4.78, 5) is 0. The van der Waals surface area contributed by atoms with Crippen LogP contribution in [0.25, 0.3) is 0 Å². The molecule has 1 nitrogen and oxygen atoms in total. The van der Waals surface area contributed by atoms with Crippen LogP contribution in [0.15, 0.2) is 0 Å². The fourth-order valence-corrected chi connectivity index (χ4v) is 1.12. The van der Waals surface area contributed by atoms with Gasteiger partial charge in [-0.3, -0.25) is 0 Å². The third kappa shape index (κ3) is 6.58. The molecule has 1 unspecified atom stereocenters. The van der Waals surface area contributed by atoms with Gasteiger partial charge in [0.2, 0.25) is 0 Å². The largest absolute Gasteiger partial charge is 0.396 e. The molecule has 1 atom stereocenters. The Balaban J connectivity index is 2.88. The second-order valence-electron chi connectivity index (χ2n) is 2.48. The van der Waals surface area contributed by atoms with E-state index in [1.54, 1.807) is 0 Å². The molecule has 1 N–H and O–H groups in total. The Labute approximate surface area is 71.0 Å². The fraction of sp³-hybridized carbons (Fsp3) is 1.00. The van der Waals surface area contributed by atoms with Gasteiger partial charge in [0, 0.05) is 11.0 Å². The Kier molecular flexibility index (Phi) is 7.33. The lowest BCUT2D eigenvalue weighted by molar-refractivity contribution is 0.280. The molecule has 0 aliphatic heterocycles. The second-order valence-corrected chi connectivity index (χ2v) is 3.36. The van der Waals surface area contributed by atoms with Crippen LogP contribution in [0.1, 0.15) is 26.2 Å². The Hall–Kier alpha value is 0.690. The van der Waals surface area contributed by atoms with Gasteiger partial charge in [-0.1, -0.05) is 35.9 Å². The number of alkyl halides is 1. The van der Waals surface area contributed by atoms with E-state index >= 15 is 0 Å². The fourth-order valence-electron chi connectivity index (χ4n) is 0.682. The van der Waals surface area contributed by atoms with E-state index in [4.69, 9.17) is 5.11 Å². The number of aliphatic hydroxyl groups excluding tert-OH is 1. The van der Waals surface area contributed by atoms with Crippen molar-refractivity contribution in [3.63, 3.8) is 0 Å². The van der Waals surface area contributed by atoms with Gasteiger partial charge < -0.3 is 5.11 Å². The van der Waals surface area contributed by atoms with Gasteiger partial charge in [-0.2, -0.15) is 0 Å². The first-order valence-corrected chi connectivity index (χ1v) is 5.00. The number of aliphatic hydroxyl groups is 1. The SMILES string of the molecule is CC(CI)CCCCO. The van der Waals surface area contributed by atoms with Crippen LogP contribution in [-0.4, -0.2) is 16.1 Å². The monoisotopic (exact) mass is 242 g/mol. The van der Waals surface area contributed by atoms with Crippen molar-refractivity contribution in [2.24, 2.45) is 5.92 Å². The van der Waals surface area contributed by atoms with Gasteiger partial charge in [0.15, 0.2) is 0 Å². The molecule has 9 heavy (non-hydrogen) atoms. The zero-order chi connectivity index (χ0) is 7.11. The predicted molar refractivity (Wildman–Crippen MR) is 49.0 cm³/mol. The van der Waals surface area contributed by atoms with Crippen molar-refractivity contribution in [2.45, 2.75) is 26.2 Å². The smallest absolute Gasteiger partial charge is 0.0431 e. The maximum atomic E-state index is 8.45. The third-order valence-corrected chi connectivity index (χ3v) is 2.87. The second kappa shape index (κ2) is 6.81. The molecular weight excluding hydrogens is 227 g/mol. The molecule has 0 bridgehead atoms. The van der Waals surface area contributed by atoms with Gasteiger partial charge in [-0.25, -0.2) is 0 Å². The maximum Gasteiger partial charge on any atom is 0.0431 e. The molecule has 2 heteroatoms. The summed E-state index contributed by atoms with van der Waals surface area (Å²) < 4.78 is 1.24. The Morgan fingerprint density at radius 2 is 2.11 bits per heavy atom. The Morgan fingerprint density at radius 1 is 1.44 bits per heavy atom. The molecule has 0 saturated heterocycles. The predicted octanol–water partition coefficient (Wildman–Crippen LogP) is 2.22. The van der Waals surface area contributed by atoms with E-state index in [2.05, 4.69) is 29.5 Å². The van der Waals surface area contributed by atoms with Crippen LogP contribution in [0.5, 0.6) is 0 Å². The lowest BCUT2D eigenvalue weighted by Gasteiger charge is -2.04. The first-order chi connectivity index (χ1) is 4.31. The van der Waals surface area contributed by atoms with E-state index in [0.717, 1.165) is 12.3 Å². The van der Waals surface area contributed by atoms with Crippen molar-refractivity contribution < 1.29 is 5.11 Å². The highest BCUT2D eigenvalue weighted by Crippen LogP contribution is 2.09. The van der Waals surface area contributed by atoms with Gasteiger partial charge in [0.1, 0.15) is 0 Å². The maximum absolute atomic E-state index is 8.45. The van der Waals surface area contributed by atoms with Crippen LogP contribution >= 0.6 is 22.6 Å². The number of rotatable bonds is 5. The van der Waals surface area contributed by atoms with Crippen molar-refractivity contribution in [2.75, 3.05) is 11.0 Å². The molecule has 0 spiro atoms. The molecule has 0 amide bonds. The van der Waals surface area contributed by atoms with Crippen molar-refractivity contribution in [3.8, 4) is 0 Å². The van der Waals surface area contributed by atoms with Crippen molar-refractivity contribution in [1.29, 1.82) is 0 Å². The zero-order valence-corrected chi connectivity index (χ0v) is 8.10. The van der Waals surface area contributed by atoms with Crippen molar-refractivity contribution >= 4 is 22.6 Å². The van der Waals surface area contributed by atoms with E-state index in [1.165, 1.54) is 17.3 Å². The summed E-state index contributed by atoms with van der Waals surface area (Å²) >= 11 is 2.40. The molecule has 0 radical (unpaired) electrons. The van der Waals surface area contributed by atoms with Gasteiger partial charge in [-0.05, 0) is 18.8 Å². The van der Waals surface area contributed by atoms with Gasteiger partial charge in [0.05, 0.1) is 0 Å². The van der Waals surface area contributed by atoms with Gasteiger partial charge in [-0.15, -0.1) is 0 Å². The van der Waals surface area contributed by atoms with Crippen LogP contribution in [-0.2, 0) is 0 Å². The molecular formula is C7H15IO. The summed E-state index contributed by atoms with van der Waals surface area (Å²) in [6.45, 7) is 2.61. The molecule has 0 rings (SSSR count). The summed E-state index contributed by atoms with van der Waals surface area (Å²) in [7, 11) is 0. The van der Waals surface area contributed by atoms with Crippen LogP contribution in [0.4, 0.5) is 0 Å². The van der Waals surface area contributed by atoms with Gasteiger partial charge in [0.25, 0.3) is 0 Å². The molecule has 0 saturated carbocycles. The lowest BCUT2D eigenvalue weighted by Crippen LogP contribution is -1.95. The number of hydrogen-bond donors (Lipinski definition) is 1. The van der Waals surface area contributed by atoms with Crippen molar-refractivity contribution in [3.05, 3.63) is 0 Å². The minimum absolute atomic E-state index is 0.355. The van der Waals surface area contributed by atoms with Crippen LogP contribution < -0.4 is 0 Å². The van der Waals surface area contributed by atoms with E-state index in [0.29, 0.717) is 6.61 Å². The Bertz CT molecular complexity index is 56.9. The normalized spacial score (nSPS) is 13.7. The molecule has 0 aromatic carbocycles. The average Bonchev–Trinajstić information content (AvgIpc) is 1.89. The average molecular weight is 242 g/mol. The van der Waals surface area contributed by atoms with Gasteiger partial charge >= 0.3 is 0 Å². The summed E-state index contributed by atoms with van der Waals surface area (Å²) in [5, 5.41) is 8.45. The highest BCUT2D eigenvalue weighted by molar-refractivity contribution is 14.1. The summed E-state index contributed by atoms with van der Waals surface area (Å²) in [5.74, 6) is 0.831. The molecule has 0 fully saturated rings. The topological polar surface area (TPSA) is 20.2 Å². The Morgan fingerprint density at radius 3 is 2.56 bits per heavy atom. The number of unbranched alkanes of at least 4 members (excludes halogenated alkanes) is 1. The minimum Gasteiger partial charge on any atom is -0.396 e. The minimum atomic E-state index is 0.355. The quantitative estimate of drug-likeness (QED) is 0.445. The molecule has 0 aromatic rings. The molecule has 56 valence electrons. The van der Waals surface area contributed by atoms with E-state index in [1.807, 2.05) is 0 Å². The number of hydrogen-bond acceptors (Lipinski definition) is 1. The van der Waals surface area contributed by atoms with E-state index in [9.17, 15) is 0 Å². The highest BCUT2D eigenvalue weighted by atomic mass is 127. The first kappa shape index (κ1) is 9.69. The molecule has 0 aromatic heterocycles. The summed E-state index contributed by atoms with van der Waals surface area (Å²) in [5.41, 5.74) is 0. The summed E-state index contributed by atoms with van der Waals surface area (Å²) in [6.07, 6.45) is 3.42. The zero-order valence-electron chi connectivity index (χ0n) is 5.94. The molecule has 0 aliphatic rings. The van der Waals surface area contributed by atoms with Crippen LogP contribution in [0, 0.1) is 5.92 Å². The molecule has 0 heterocycles. The third-order valence-electron chi connectivity index (χ3n) is 1.37. The van der Waals surface area contributed by atoms with E-state index < -0.39 is 0 Å². The lowest BCUT2D eigenvalue weighted by atomic mass is 10.1. The number of halogens is 1. The van der Waals surface area contributed by atoms with Crippen molar-refractivity contribution in [1.82, 2.24) is 0 Å².